The molecule has 2 aromatic heterocycles. The molecule has 4 amide bonds. The fourth-order valence-electron chi connectivity index (χ4n) is 8.90. The van der Waals surface area contributed by atoms with E-state index in [0.717, 1.165) is 0 Å². The number of ether oxygens (including phenoxy) is 1. The number of likely N-dealkylation sites (tertiary alicyclic amines) is 1. The van der Waals surface area contributed by atoms with Crippen molar-refractivity contribution in [2.24, 2.45) is 23.7 Å². The van der Waals surface area contributed by atoms with Crippen molar-refractivity contribution in [3.63, 3.8) is 0 Å². The summed E-state index contributed by atoms with van der Waals surface area (Å²) in [6.07, 6.45) is 3.27. The van der Waals surface area contributed by atoms with E-state index in [1.165, 1.54) is 12.1 Å². The van der Waals surface area contributed by atoms with E-state index < -0.39 is 47.4 Å². The van der Waals surface area contributed by atoms with Crippen molar-refractivity contribution in [3.8, 4) is 17.1 Å². The Kier molecular flexibility index (Phi) is 11.4. The number of piperidine rings is 2. The van der Waals surface area contributed by atoms with Crippen LogP contribution in [-0.4, -0.2) is 87.7 Å². The molecule has 0 aliphatic carbocycles. The molecular formula is C43H46F3N9O5. The van der Waals surface area contributed by atoms with Gasteiger partial charge in [0.25, 0.3) is 5.91 Å². The summed E-state index contributed by atoms with van der Waals surface area (Å²) < 4.78 is 54.8. The van der Waals surface area contributed by atoms with Crippen molar-refractivity contribution < 1.29 is 37.1 Å². The molecule has 2 fully saturated rings. The molecule has 2 aromatic carbocycles. The van der Waals surface area contributed by atoms with Gasteiger partial charge in [0.15, 0.2) is 0 Å². The quantitative estimate of drug-likeness (QED) is 0.206. The summed E-state index contributed by atoms with van der Waals surface area (Å²) in [7, 11) is 1.76. The van der Waals surface area contributed by atoms with Crippen LogP contribution in [0.5, 0.6) is 5.88 Å². The van der Waals surface area contributed by atoms with E-state index in [1.54, 1.807) is 55.2 Å². The van der Waals surface area contributed by atoms with Crippen molar-refractivity contribution in [3.05, 3.63) is 88.2 Å². The van der Waals surface area contributed by atoms with Gasteiger partial charge in [0, 0.05) is 55.0 Å². The van der Waals surface area contributed by atoms with Gasteiger partial charge in [0.05, 0.1) is 41.4 Å². The first kappa shape index (κ1) is 40.7. The summed E-state index contributed by atoms with van der Waals surface area (Å²) in [5, 5.41) is 9.83. The second kappa shape index (κ2) is 16.9. The number of hydrogen-bond acceptors (Lipinski definition) is 10. The number of aliphatic imine (C=N–C) groups is 1. The van der Waals surface area contributed by atoms with Crippen LogP contribution in [0.2, 0.25) is 0 Å². The normalized spacial score (nSPS) is 22.5. The smallest absolute Gasteiger partial charge is 0.280 e. The number of carbonyl (C=O) groups is 4. The van der Waals surface area contributed by atoms with Gasteiger partial charge in [-0.25, -0.2) is 17.9 Å². The number of pyridine rings is 1. The number of guanidine groups is 1. The first-order valence-corrected chi connectivity index (χ1v) is 20.3. The summed E-state index contributed by atoms with van der Waals surface area (Å²) >= 11 is 0. The number of rotatable bonds is 7. The number of anilines is 2. The molecule has 314 valence electrons. The number of carbonyl (C=O) groups excluding carboxylic acids is 4. The Balaban J connectivity index is 1.16. The van der Waals surface area contributed by atoms with Crippen molar-refractivity contribution in [2.45, 2.75) is 76.4 Å². The van der Waals surface area contributed by atoms with Crippen molar-refractivity contribution >= 4 is 41.0 Å². The molecule has 8 rings (SSSR count). The summed E-state index contributed by atoms with van der Waals surface area (Å²) in [5.74, 6) is -4.80. The van der Waals surface area contributed by atoms with Gasteiger partial charge in [-0.1, -0.05) is 0 Å². The zero-order valence-electron chi connectivity index (χ0n) is 33.3. The molecule has 4 aromatic rings. The van der Waals surface area contributed by atoms with Crippen molar-refractivity contribution in [1.29, 1.82) is 0 Å². The number of fused-ring (bicyclic) bond motifs is 7. The number of halogens is 3. The van der Waals surface area contributed by atoms with E-state index >= 15 is 13.2 Å². The highest BCUT2D eigenvalue weighted by atomic mass is 19.1. The molecule has 4 N–H and O–H groups in total. The molecule has 1 unspecified atom stereocenters. The predicted octanol–water partition coefficient (Wildman–Crippen LogP) is 5.34. The third kappa shape index (κ3) is 8.48. The molecule has 2 saturated heterocycles. The predicted molar refractivity (Wildman–Crippen MR) is 216 cm³/mol. The largest absolute Gasteiger partial charge is 0.477 e. The van der Waals surface area contributed by atoms with Crippen molar-refractivity contribution in [2.75, 3.05) is 36.5 Å². The first-order chi connectivity index (χ1) is 28.8. The minimum absolute atomic E-state index is 0.00551. The van der Waals surface area contributed by atoms with Crippen LogP contribution in [0, 0.1) is 24.5 Å². The maximum Gasteiger partial charge on any atom is 0.280 e. The van der Waals surface area contributed by atoms with Gasteiger partial charge in [0.2, 0.25) is 29.6 Å². The lowest BCUT2D eigenvalue weighted by Gasteiger charge is -2.38. The van der Waals surface area contributed by atoms with E-state index in [9.17, 15) is 19.2 Å². The maximum absolute atomic E-state index is 15.8. The first-order valence-electron chi connectivity index (χ1n) is 20.3. The van der Waals surface area contributed by atoms with Gasteiger partial charge < -0.3 is 20.7 Å². The molecule has 4 aliphatic rings. The van der Waals surface area contributed by atoms with Crippen LogP contribution in [0.4, 0.5) is 24.5 Å². The Labute approximate surface area is 344 Å². The third-order valence-corrected chi connectivity index (χ3v) is 11.8. The Bertz CT molecular complexity index is 2380. The Hall–Kier alpha value is -6.10. The molecule has 0 spiro atoms. The molecule has 6 heterocycles. The van der Waals surface area contributed by atoms with Crippen LogP contribution in [0.3, 0.4) is 0 Å². The van der Waals surface area contributed by atoms with Gasteiger partial charge in [-0.05, 0) is 112 Å². The number of aromatic nitrogens is 3. The number of amides is 4. The van der Waals surface area contributed by atoms with Gasteiger partial charge in [-0.15, -0.1) is 0 Å². The van der Waals surface area contributed by atoms with Crippen LogP contribution in [0.15, 0.2) is 53.7 Å². The van der Waals surface area contributed by atoms with Gasteiger partial charge in [0.1, 0.15) is 17.8 Å². The average molecular weight is 826 g/mol. The molecule has 17 heteroatoms. The standard InChI is InChI=1S/C43H46F3N9O5/c1-23-13-27-18-35(49-23)31-20-48-53(2)42(31)60-12-4-5-24(21-55-36-19-26(39(47)57)7-9-34(36)50-43(55)52-40(27)58)14-29(54-11-3-6-28(44)22-54)15-25-16-32(45)38(33(46)17-25)30-8-10-37(56)51-41(30)59/h7,9,13,16-20,24,28-30H,3-6,8,10-12,14-15,21-22H2,1-2H3,(H2,47,57)(H,50,52,58)(H,51,56,59)/t24-,28+,29?,30+/m0/s1. The average Bonchev–Trinajstić information content (AvgIpc) is 3.74. The zero-order valence-corrected chi connectivity index (χ0v) is 33.3. The molecular weight excluding hydrogens is 780 g/mol. The lowest BCUT2D eigenvalue weighted by molar-refractivity contribution is -0.134. The van der Waals surface area contributed by atoms with E-state index in [-0.39, 0.29) is 67.0 Å². The van der Waals surface area contributed by atoms with E-state index in [4.69, 9.17) is 10.5 Å². The fraction of sp³-hybridized carbons (Fsp3) is 0.419. The van der Waals surface area contributed by atoms with Gasteiger partial charge >= 0.3 is 0 Å². The number of nitrogens with zero attached hydrogens (tertiary/aromatic N) is 6. The van der Waals surface area contributed by atoms with Gasteiger partial charge in [-0.3, -0.25) is 34.4 Å². The fourth-order valence-corrected chi connectivity index (χ4v) is 8.90. The third-order valence-electron chi connectivity index (χ3n) is 11.8. The van der Waals surface area contributed by atoms with Crippen LogP contribution in [0.1, 0.15) is 88.4 Å². The molecule has 0 saturated carbocycles. The zero-order chi connectivity index (χ0) is 42.2. The second-order valence-corrected chi connectivity index (χ2v) is 16.1. The highest BCUT2D eigenvalue weighted by Gasteiger charge is 2.36. The number of primary amides is 1. The number of hydrogen-bond donors (Lipinski definition) is 3. The Morgan fingerprint density at radius 3 is 2.57 bits per heavy atom. The number of nitrogens with one attached hydrogen (secondary N) is 2. The number of alkyl halides is 1. The Morgan fingerprint density at radius 2 is 1.82 bits per heavy atom. The van der Waals surface area contributed by atoms with Crippen molar-refractivity contribution in [1.82, 2.24) is 25.0 Å². The van der Waals surface area contributed by atoms with E-state index in [2.05, 4.69) is 25.7 Å². The van der Waals surface area contributed by atoms with Crippen LogP contribution in [-0.2, 0) is 23.1 Å². The number of nitrogens with two attached hydrogens (primary N) is 1. The number of aryl methyl sites for hydroxylation is 2. The van der Waals surface area contributed by atoms with E-state index in [1.807, 2.05) is 9.80 Å². The lowest BCUT2D eigenvalue weighted by Crippen LogP contribution is -2.46. The summed E-state index contributed by atoms with van der Waals surface area (Å²) in [5.41, 5.74) is 9.10. The minimum atomic E-state index is -1.14. The monoisotopic (exact) mass is 825 g/mol. The molecule has 4 aliphatic heterocycles. The summed E-state index contributed by atoms with van der Waals surface area (Å²) in [4.78, 5) is 63.8. The Morgan fingerprint density at radius 1 is 1.02 bits per heavy atom. The lowest BCUT2D eigenvalue weighted by atomic mass is 9.86. The number of benzene rings is 2. The highest BCUT2D eigenvalue weighted by molar-refractivity contribution is 6.19. The van der Waals surface area contributed by atoms with Crippen LogP contribution >= 0.6 is 0 Å². The topological polar surface area (TPSA) is 177 Å². The number of imide groups is 1. The maximum atomic E-state index is 15.8. The van der Waals surface area contributed by atoms with E-state index in [0.29, 0.717) is 85.0 Å². The van der Waals surface area contributed by atoms with Crippen LogP contribution in [0.25, 0.3) is 11.3 Å². The molecule has 2 bridgehead atoms. The highest BCUT2D eigenvalue weighted by Crippen LogP contribution is 2.37. The summed E-state index contributed by atoms with van der Waals surface area (Å²) in [6.45, 7) is 3.08. The minimum Gasteiger partial charge on any atom is -0.477 e. The second-order valence-electron chi connectivity index (χ2n) is 16.1. The molecule has 14 nitrogen and oxygen atoms in total. The summed E-state index contributed by atoms with van der Waals surface area (Å²) in [6, 6.07) is 10.3. The SMILES string of the molecule is Cc1cc2cc(n1)-c1cnn(C)c1OCCC[C@@H](CC(Cc1cc(F)c([C@H]3CCC(=O)NC3=O)c(F)c1)N1CCC[C@@H](F)C1)CN1/C(=N/C2=O)Nc2ccc(C(N)=O)cc21. The van der Waals surface area contributed by atoms with Crippen LogP contribution < -0.4 is 26.0 Å². The molecule has 60 heavy (non-hydrogen) atoms. The molecule has 0 radical (unpaired) electrons. The molecule has 4 atom stereocenters. The van der Waals surface area contributed by atoms with Gasteiger partial charge in [-0.2, -0.15) is 10.1 Å².